The second-order valence-electron chi connectivity index (χ2n) is 5.95. The molecule has 24 heavy (non-hydrogen) atoms. The van der Waals surface area contributed by atoms with Gasteiger partial charge in [0.1, 0.15) is 5.82 Å². The molecule has 3 aromatic rings. The zero-order valence-corrected chi connectivity index (χ0v) is 14.0. The van der Waals surface area contributed by atoms with Crippen molar-refractivity contribution in [2.75, 3.05) is 13.1 Å². The van der Waals surface area contributed by atoms with E-state index >= 15 is 0 Å². The van der Waals surface area contributed by atoms with Crippen molar-refractivity contribution in [3.63, 3.8) is 0 Å². The fourth-order valence-electron chi connectivity index (χ4n) is 2.97. The summed E-state index contributed by atoms with van der Waals surface area (Å²) in [4.78, 5) is 12.3. The molecule has 0 unspecified atom stereocenters. The smallest absolute Gasteiger partial charge is 0.258 e. The molecule has 0 aliphatic carbocycles. The van der Waals surface area contributed by atoms with Crippen LogP contribution in [0.5, 0.6) is 0 Å². The number of fused-ring (bicyclic) bond motifs is 1. The molecule has 124 valence electrons. The molecule has 3 nitrogen and oxygen atoms in total. The van der Waals surface area contributed by atoms with Crippen LogP contribution < -0.4 is 10.9 Å². The first-order chi connectivity index (χ1) is 11.6. The zero-order chi connectivity index (χ0) is 17.1. The number of likely N-dealkylation sites (N-methyl/N-ethyl adjacent to an activating group) is 1. The maximum atomic E-state index is 13.7. The van der Waals surface area contributed by atoms with E-state index in [1.807, 2.05) is 12.1 Å². The monoisotopic (exact) mass is 324 g/mol. The molecule has 0 fully saturated rings. The molecular weight excluding hydrogens is 303 g/mol. The maximum Gasteiger partial charge on any atom is 0.258 e. The van der Waals surface area contributed by atoms with Gasteiger partial charge in [-0.2, -0.15) is 0 Å². The molecule has 4 heteroatoms. The lowest BCUT2D eigenvalue weighted by Crippen LogP contribution is -2.17. The Balaban J connectivity index is 2.12. The van der Waals surface area contributed by atoms with Crippen molar-refractivity contribution in [2.45, 2.75) is 13.3 Å². The number of pyridine rings is 1. The molecule has 1 heterocycles. The van der Waals surface area contributed by atoms with Gasteiger partial charge in [-0.15, -0.1) is 0 Å². The molecule has 3 rings (SSSR count). The second kappa shape index (κ2) is 6.97. The summed E-state index contributed by atoms with van der Waals surface area (Å²) in [6.45, 7) is 3.95. The number of rotatable bonds is 5. The molecule has 0 spiro atoms. The lowest BCUT2D eigenvalue weighted by molar-refractivity contribution is 0.629. The summed E-state index contributed by atoms with van der Waals surface area (Å²) in [5, 5.41) is 4.51. The van der Waals surface area contributed by atoms with Crippen molar-refractivity contribution in [3.8, 4) is 11.1 Å². The Morgan fingerprint density at radius 1 is 1.12 bits per heavy atom. The van der Waals surface area contributed by atoms with E-state index in [1.165, 1.54) is 17.7 Å². The van der Waals surface area contributed by atoms with Crippen molar-refractivity contribution in [1.29, 1.82) is 0 Å². The first kappa shape index (κ1) is 16.4. The summed E-state index contributed by atoms with van der Waals surface area (Å²) in [7, 11) is 1.73. The molecule has 0 saturated carbocycles. The molecule has 0 radical (unpaired) electrons. The number of nitrogens with one attached hydrogen (secondary N) is 1. The number of nitrogens with zero attached hydrogens (tertiary/aromatic N) is 1. The molecule has 1 N–H and O–H groups in total. The fourth-order valence-corrected chi connectivity index (χ4v) is 2.97. The van der Waals surface area contributed by atoms with Gasteiger partial charge in [-0.1, -0.05) is 31.2 Å². The van der Waals surface area contributed by atoms with Crippen LogP contribution in [0.4, 0.5) is 4.39 Å². The van der Waals surface area contributed by atoms with E-state index < -0.39 is 0 Å². The van der Waals surface area contributed by atoms with Crippen LogP contribution in [0, 0.1) is 5.82 Å². The van der Waals surface area contributed by atoms with Crippen molar-refractivity contribution in [2.24, 2.45) is 7.05 Å². The second-order valence-corrected chi connectivity index (χ2v) is 5.95. The van der Waals surface area contributed by atoms with Crippen LogP contribution in [-0.4, -0.2) is 17.7 Å². The van der Waals surface area contributed by atoms with Crippen molar-refractivity contribution in [3.05, 3.63) is 70.4 Å². The van der Waals surface area contributed by atoms with Crippen molar-refractivity contribution in [1.82, 2.24) is 9.88 Å². The normalized spacial score (nSPS) is 11.1. The Hall–Kier alpha value is -2.46. The summed E-state index contributed by atoms with van der Waals surface area (Å²) >= 11 is 0. The minimum Gasteiger partial charge on any atom is -0.317 e. The van der Waals surface area contributed by atoms with E-state index in [9.17, 15) is 9.18 Å². The molecule has 0 aliphatic rings. The molecule has 0 saturated heterocycles. The van der Waals surface area contributed by atoms with Crippen LogP contribution >= 0.6 is 0 Å². The minimum absolute atomic E-state index is 0.114. The predicted octanol–water partition coefficient (Wildman–Crippen LogP) is 3.50. The van der Waals surface area contributed by atoms with Crippen LogP contribution in [0.25, 0.3) is 21.9 Å². The number of hydrogen-bond acceptors (Lipinski definition) is 2. The topological polar surface area (TPSA) is 34.0 Å². The molecule has 1 aromatic heterocycles. The van der Waals surface area contributed by atoms with E-state index in [0.29, 0.717) is 10.8 Å². The number of aromatic nitrogens is 1. The fraction of sp³-hybridized carbons (Fsp3) is 0.250. The molecule has 0 bridgehead atoms. The van der Waals surface area contributed by atoms with Crippen LogP contribution in [0.3, 0.4) is 0 Å². The Morgan fingerprint density at radius 3 is 2.75 bits per heavy atom. The SMILES string of the molecule is CCNCCc1cccc(-c2cn(C)c(=O)c3ccc(F)cc23)c1. The van der Waals surface area contributed by atoms with Crippen molar-refractivity contribution < 1.29 is 4.39 Å². The van der Waals surface area contributed by atoms with E-state index in [0.717, 1.165) is 30.6 Å². The van der Waals surface area contributed by atoms with Gasteiger partial charge in [-0.05, 0) is 54.2 Å². The van der Waals surface area contributed by atoms with E-state index in [4.69, 9.17) is 0 Å². The van der Waals surface area contributed by atoms with Crippen LogP contribution in [0.2, 0.25) is 0 Å². The highest BCUT2D eigenvalue weighted by atomic mass is 19.1. The number of aryl methyl sites for hydroxylation is 1. The van der Waals surface area contributed by atoms with Crippen molar-refractivity contribution >= 4 is 10.8 Å². The first-order valence-corrected chi connectivity index (χ1v) is 8.19. The standard InChI is InChI=1S/C20H21FN2O/c1-3-22-10-9-14-5-4-6-15(11-14)19-13-23(2)20(24)17-8-7-16(21)12-18(17)19/h4-8,11-13,22H,3,9-10H2,1-2H3. The Morgan fingerprint density at radius 2 is 1.96 bits per heavy atom. The quantitative estimate of drug-likeness (QED) is 0.729. The number of benzene rings is 2. The summed E-state index contributed by atoms with van der Waals surface area (Å²) in [5.41, 5.74) is 2.97. The number of hydrogen-bond donors (Lipinski definition) is 1. The minimum atomic E-state index is -0.333. The van der Waals surface area contributed by atoms with E-state index in [2.05, 4.69) is 24.4 Å². The van der Waals surface area contributed by atoms with E-state index in [1.54, 1.807) is 23.9 Å². The summed E-state index contributed by atoms with van der Waals surface area (Å²) in [5.74, 6) is -0.333. The van der Waals surface area contributed by atoms with Gasteiger partial charge in [0.05, 0.1) is 0 Å². The summed E-state index contributed by atoms with van der Waals surface area (Å²) in [6, 6.07) is 12.5. The Bertz CT molecular complexity index is 931. The lowest BCUT2D eigenvalue weighted by atomic mass is 9.98. The van der Waals surface area contributed by atoms with E-state index in [-0.39, 0.29) is 11.4 Å². The Kier molecular flexibility index (Phi) is 4.76. The molecule has 0 atom stereocenters. The zero-order valence-electron chi connectivity index (χ0n) is 14.0. The maximum absolute atomic E-state index is 13.7. The largest absolute Gasteiger partial charge is 0.317 e. The average molecular weight is 324 g/mol. The molecule has 2 aromatic carbocycles. The highest BCUT2D eigenvalue weighted by Crippen LogP contribution is 2.28. The Labute approximate surface area is 140 Å². The van der Waals surface area contributed by atoms with Crippen LogP contribution in [0.1, 0.15) is 12.5 Å². The molecule has 0 amide bonds. The third kappa shape index (κ3) is 3.24. The number of halogens is 1. The third-order valence-corrected chi connectivity index (χ3v) is 4.22. The highest BCUT2D eigenvalue weighted by Gasteiger charge is 2.10. The lowest BCUT2D eigenvalue weighted by Gasteiger charge is -2.11. The predicted molar refractivity (Wildman–Crippen MR) is 96.8 cm³/mol. The molecular formula is C20H21FN2O. The van der Waals surface area contributed by atoms with Gasteiger partial charge in [-0.25, -0.2) is 4.39 Å². The first-order valence-electron chi connectivity index (χ1n) is 8.19. The molecule has 0 aliphatic heterocycles. The van der Waals surface area contributed by atoms with Gasteiger partial charge >= 0.3 is 0 Å². The van der Waals surface area contributed by atoms with Gasteiger partial charge in [0.2, 0.25) is 0 Å². The summed E-state index contributed by atoms with van der Waals surface area (Å²) in [6.07, 6.45) is 2.72. The third-order valence-electron chi connectivity index (χ3n) is 4.22. The van der Waals surface area contributed by atoms with Gasteiger partial charge in [0, 0.05) is 24.2 Å². The highest BCUT2D eigenvalue weighted by molar-refractivity contribution is 5.95. The van der Waals surface area contributed by atoms with Gasteiger partial charge in [0.15, 0.2) is 0 Å². The van der Waals surface area contributed by atoms with Gasteiger partial charge < -0.3 is 9.88 Å². The average Bonchev–Trinajstić information content (AvgIpc) is 2.58. The van der Waals surface area contributed by atoms with Gasteiger partial charge in [-0.3, -0.25) is 4.79 Å². The summed E-state index contributed by atoms with van der Waals surface area (Å²) < 4.78 is 15.3. The van der Waals surface area contributed by atoms with Crippen LogP contribution in [-0.2, 0) is 13.5 Å². The van der Waals surface area contributed by atoms with Gasteiger partial charge in [0.25, 0.3) is 5.56 Å². The van der Waals surface area contributed by atoms with Crippen LogP contribution in [0.15, 0.2) is 53.5 Å².